The van der Waals surface area contributed by atoms with Crippen molar-refractivity contribution in [3.63, 3.8) is 0 Å². The number of piperazine rings is 1. The smallest absolute Gasteiger partial charge is 0.255 e. The summed E-state index contributed by atoms with van der Waals surface area (Å²) < 4.78 is 0. The molecule has 1 unspecified atom stereocenters. The predicted octanol–water partition coefficient (Wildman–Crippen LogP) is -1.61. The van der Waals surface area contributed by atoms with E-state index in [4.69, 9.17) is 5.73 Å². The number of rotatable bonds is 5. The molecule has 1 atom stereocenters. The number of nitrogens with two attached hydrogens (primary N) is 1. The maximum Gasteiger partial charge on any atom is 0.255 e. The summed E-state index contributed by atoms with van der Waals surface area (Å²) in [7, 11) is 0. The fourth-order valence-corrected chi connectivity index (χ4v) is 5.29. The van der Waals surface area contributed by atoms with Gasteiger partial charge in [-0.25, -0.2) is 0 Å². The third-order valence-corrected chi connectivity index (χ3v) is 7.34. The number of benzene rings is 1. The van der Waals surface area contributed by atoms with Crippen LogP contribution in [-0.4, -0.2) is 89.2 Å². The standard InChI is InChI=1S/C22H28N6O4/c23-21(32)22(12-24-13-22)27-8-6-26(7-9-27)10-14-2-1-3-15-16(14)11-28(20(15)31)17-4-5-18(29)25-19(17)30/h1-3,17,24H,4-13H2,(H2,23,32)(H,25,29,30). The van der Waals surface area contributed by atoms with Gasteiger partial charge in [0.05, 0.1) is 0 Å². The van der Waals surface area contributed by atoms with E-state index in [-0.39, 0.29) is 24.1 Å². The normalized spacial score (nSPS) is 25.9. The molecule has 10 heteroatoms. The second-order valence-electron chi connectivity index (χ2n) is 9.11. The minimum atomic E-state index is -0.606. The molecule has 0 aromatic heterocycles. The van der Waals surface area contributed by atoms with Crippen LogP contribution in [0, 0.1) is 0 Å². The first-order chi connectivity index (χ1) is 15.4. The van der Waals surface area contributed by atoms with Crippen molar-refractivity contribution >= 4 is 23.6 Å². The molecule has 4 heterocycles. The fourth-order valence-electron chi connectivity index (χ4n) is 5.29. The first-order valence-electron chi connectivity index (χ1n) is 11.1. The lowest BCUT2D eigenvalue weighted by molar-refractivity contribution is -0.137. The highest BCUT2D eigenvalue weighted by atomic mass is 16.2. The van der Waals surface area contributed by atoms with E-state index in [2.05, 4.69) is 20.4 Å². The summed E-state index contributed by atoms with van der Waals surface area (Å²) in [4.78, 5) is 54.9. The molecule has 0 saturated carbocycles. The van der Waals surface area contributed by atoms with Crippen molar-refractivity contribution in [2.75, 3.05) is 39.3 Å². The van der Waals surface area contributed by atoms with Crippen LogP contribution < -0.4 is 16.4 Å². The van der Waals surface area contributed by atoms with Crippen molar-refractivity contribution in [3.8, 4) is 0 Å². The van der Waals surface area contributed by atoms with Gasteiger partial charge in [-0.15, -0.1) is 0 Å². The highest BCUT2D eigenvalue weighted by molar-refractivity contribution is 6.05. The molecule has 5 rings (SSSR count). The Labute approximate surface area is 186 Å². The molecule has 0 aliphatic carbocycles. The van der Waals surface area contributed by atoms with Gasteiger partial charge in [0.15, 0.2) is 0 Å². The van der Waals surface area contributed by atoms with Crippen molar-refractivity contribution in [2.24, 2.45) is 5.73 Å². The van der Waals surface area contributed by atoms with Crippen molar-refractivity contribution < 1.29 is 19.2 Å². The molecule has 0 bridgehead atoms. The lowest BCUT2D eigenvalue weighted by atomic mass is 9.88. The molecule has 170 valence electrons. The van der Waals surface area contributed by atoms with Gasteiger partial charge in [-0.05, 0) is 23.6 Å². The van der Waals surface area contributed by atoms with Gasteiger partial charge < -0.3 is 16.0 Å². The molecule has 3 fully saturated rings. The molecule has 0 spiro atoms. The number of nitrogens with zero attached hydrogens (tertiary/aromatic N) is 3. The van der Waals surface area contributed by atoms with Crippen molar-refractivity contribution in [1.29, 1.82) is 0 Å². The van der Waals surface area contributed by atoms with Gasteiger partial charge in [-0.1, -0.05) is 12.1 Å². The monoisotopic (exact) mass is 440 g/mol. The maximum atomic E-state index is 13.0. The Morgan fingerprint density at radius 1 is 1.12 bits per heavy atom. The number of hydrogen-bond donors (Lipinski definition) is 3. The van der Waals surface area contributed by atoms with E-state index >= 15 is 0 Å². The van der Waals surface area contributed by atoms with Gasteiger partial charge in [0, 0.05) is 64.3 Å². The number of nitrogens with one attached hydrogen (secondary N) is 2. The van der Waals surface area contributed by atoms with E-state index in [1.165, 1.54) is 0 Å². The van der Waals surface area contributed by atoms with Crippen LogP contribution in [0.1, 0.15) is 34.3 Å². The molecule has 32 heavy (non-hydrogen) atoms. The first-order valence-corrected chi connectivity index (χ1v) is 11.1. The average Bonchev–Trinajstić information content (AvgIpc) is 3.06. The van der Waals surface area contributed by atoms with E-state index in [9.17, 15) is 19.2 Å². The lowest BCUT2D eigenvalue weighted by Crippen LogP contribution is -2.76. The van der Waals surface area contributed by atoms with E-state index in [0.717, 1.165) is 37.3 Å². The number of imide groups is 1. The fraction of sp³-hybridized carbons (Fsp3) is 0.545. The Bertz CT molecular complexity index is 983. The van der Waals surface area contributed by atoms with Gasteiger partial charge in [-0.3, -0.25) is 34.3 Å². The van der Waals surface area contributed by atoms with Crippen LogP contribution in [0.2, 0.25) is 0 Å². The largest absolute Gasteiger partial charge is 0.368 e. The maximum absolute atomic E-state index is 13.0. The molecule has 4 amide bonds. The zero-order valence-corrected chi connectivity index (χ0v) is 17.9. The molecule has 0 radical (unpaired) electrons. The summed E-state index contributed by atoms with van der Waals surface area (Å²) >= 11 is 0. The van der Waals surface area contributed by atoms with Crippen LogP contribution in [0.15, 0.2) is 18.2 Å². The van der Waals surface area contributed by atoms with Crippen LogP contribution in [0.25, 0.3) is 0 Å². The molecule has 1 aromatic rings. The average molecular weight is 441 g/mol. The molecular weight excluding hydrogens is 412 g/mol. The molecule has 4 aliphatic heterocycles. The number of amides is 4. The Hall–Kier alpha value is -2.82. The third-order valence-electron chi connectivity index (χ3n) is 7.34. The zero-order chi connectivity index (χ0) is 22.5. The summed E-state index contributed by atoms with van der Waals surface area (Å²) in [5.41, 5.74) is 7.79. The minimum Gasteiger partial charge on any atom is -0.368 e. The van der Waals surface area contributed by atoms with Crippen LogP contribution in [0.5, 0.6) is 0 Å². The van der Waals surface area contributed by atoms with Crippen molar-refractivity contribution in [1.82, 2.24) is 25.3 Å². The number of carbonyl (C=O) groups excluding carboxylic acids is 4. The molecular formula is C22H28N6O4. The molecule has 4 aliphatic rings. The quantitative estimate of drug-likeness (QED) is 0.470. The molecule has 1 aromatic carbocycles. The Morgan fingerprint density at radius 2 is 1.88 bits per heavy atom. The van der Waals surface area contributed by atoms with E-state index < -0.39 is 17.5 Å². The topological polar surface area (TPSA) is 128 Å². The summed E-state index contributed by atoms with van der Waals surface area (Å²) in [6.07, 6.45) is 0.605. The van der Waals surface area contributed by atoms with Gasteiger partial charge in [0.2, 0.25) is 17.7 Å². The summed E-state index contributed by atoms with van der Waals surface area (Å²) in [6.45, 7) is 5.44. The Balaban J connectivity index is 1.26. The van der Waals surface area contributed by atoms with Crippen molar-refractivity contribution in [2.45, 2.75) is 37.5 Å². The summed E-state index contributed by atoms with van der Waals surface area (Å²) in [5.74, 6) is -1.10. The zero-order valence-electron chi connectivity index (χ0n) is 17.9. The number of fused-ring (bicyclic) bond motifs is 1. The van der Waals surface area contributed by atoms with Gasteiger partial charge in [0.25, 0.3) is 5.91 Å². The van der Waals surface area contributed by atoms with Gasteiger partial charge >= 0.3 is 0 Å². The second-order valence-corrected chi connectivity index (χ2v) is 9.11. The number of primary amides is 1. The van der Waals surface area contributed by atoms with E-state index in [1.54, 1.807) is 4.90 Å². The molecule has 3 saturated heterocycles. The summed E-state index contributed by atoms with van der Waals surface area (Å²) in [6, 6.07) is 5.13. The van der Waals surface area contributed by atoms with Crippen molar-refractivity contribution in [3.05, 3.63) is 34.9 Å². The van der Waals surface area contributed by atoms with Gasteiger partial charge in [-0.2, -0.15) is 0 Å². The summed E-state index contributed by atoms with van der Waals surface area (Å²) in [5, 5.41) is 5.51. The Morgan fingerprint density at radius 3 is 2.50 bits per heavy atom. The minimum absolute atomic E-state index is 0.151. The highest BCUT2D eigenvalue weighted by Gasteiger charge is 2.48. The Kier molecular flexibility index (Phi) is 5.23. The third kappa shape index (κ3) is 3.39. The second kappa shape index (κ2) is 7.95. The SMILES string of the molecule is NC(=O)C1(N2CCN(Cc3cccc4c3CN(C3CCC(=O)NC3=O)C4=O)CC2)CNC1. The lowest BCUT2D eigenvalue weighted by Gasteiger charge is -2.51. The van der Waals surface area contributed by atoms with Crippen LogP contribution in [0.3, 0.4) is 0 Å². The predicted molar refractivity (Wildman–Crippen MR) is 114 cm³/mol. The number of hydrogen-bond acceptors (Lipinski definition) is 7. The van der Waals surface area contributed by atoms with Gasteiger partial charge in [0.1, 0.15) is 11.6 Å². The first kappa shape index (κ1) is 21.0. The van der Waals surface area contributed by atoms with E-state index in [0.29, 0.717) is 38.2 Å². The van der Waals surface area contributed by atoms with Crippen LogP contribution >= 0.6 is 0 Å². The van der Waals surface area contributed by atoms with Crippen LogP contribution in [-0.2, 0) is 27.5 Å². The molecule has 4 N–H and O–H groups in total. The number of piperidine rings is 1. The number of carbonyl (C=O) groups is 4. The molecule has 10 nitrogen and oxygen atoms in total. The van der Waals surface area contributed by atoms with Crippen LogP contribution in [0.4, 0.5) is 0 Å². The highest BCUT2D eigenvalue weighted by Crippen LogP contribution is 2.31. The van der Waals surface area contributed by atoms with E-state index in [1.807, 2.05) is 18.2 Å².